The summed E-state index contributed by atoms with van der Waals surface area (Å²) in [4.78, 5) is 2.13. The number of benzene rings is 1. The van der Waals surface area contributed by atoms with Crippen molar-refractivity contribution in [2.24, 2.45) is 7.05 Å². The topological polar surface area (TPSA) is 33.1 Å². The van der Waals surface area contributed by atoms with Gasteiger partial charge in [0.15, 0.2) is 0 Å². The Morgan fingerprint density at radius 3 is 2.70 bits per heavy atom. The lowest BCUT2D eigenvalue weighted by Crippen LogP contribution is -2.25. The van der Waals surface area contributed by atoms with Gasteiger partial charge in [0.1, 0.15) is 0 Å². The van der Waals surface area contributed by atoms with Gasteiger partial charge in [0.2, 0.25) is 0 Å². The molecule has 1 aromatic heterocycles. The van der Waals surface area contributed by atoms with Crippen LogP contribution in [0.3, 0.4) is 0 Å². The first-order valence-corrected chi connectivity index (χ1v) is 7.12. The number of aryl methyl sites for hydroxylation is 1. The zero-order valence-corrected chi connectivity index (χ0v) is 12.8. The molecule has 4 nitrogen and oxygen atoms in total. The number of hydrogen-bond donors (Lipinski definition) is 1. The Kier molecular flexibility index (Phi) is 4.79. The Labute approximate surface area is 121 Å². The van der Waals surface area contributed by atoms with Gasteiger partial charge >= 0.3 is 0 Å². The number of rotatable bonds is 6. The number of aromatic nitrogens is 2. The minimum atomic E-state index is 0.183. The molecule has 0 saturated heterocycles. The number of anilines is 1. The van der Waals surface area contributed by atoms with Crippen molar-refractivity contribution >= 4 is 5.69 Å². The molecule has 4 heteroatoms. The highest BCUT2D eigenvalue weighted by molar-refractivity contribution is 5.48. The summed E-state index contributed by atoms with van der Waals surface area (Å²) in [7, 11) is 6.13. The summed E-state index contributed by atoms with van der Waals surface area (Å²) in [5, 5.41) is 7.91. The molecule has 20 heavy (non-hydrogen) atoms. The van der Waals surface area contributed by atoms with Gasteiger partial charge in [-0.15, -0.1) is 0 Å². The van der Waals surface area contributed by atoms with Gasteiger partial charge < -0.3 is 10.2 Å². The average Bonchev–Trinajstić information content (AvgIpc) is 2.86. The van der Waals surface area contributed by atoms with Crippen LogP contribution < -0.4 is 10.2 Å². The Morgan fingerprint density at radius 1 is 1.30 bits per heavy atom. The predicted octanol–water partition coefficient (Wildman–Crippen LogP) is 2.58. The Morgan fingerprint density at radius 2 is 2.10 bits per heavy atom. The van der Waals surface area contributed by atoms with Gasteiger partial charge in [-0.25, -0.2) is 0 Å². The van der Waals surface area contributed by atoms with Crippen LogP contribution in [0, 0.1) is 0 Å². The van der Waals surface area contributed by atoms with Crippen LogP contribution in [0.25, 0.3) is 0 Å². The Balaban J connectivity index is 2.36. The van der Waals surface area contributed by atoms with E-state index in [1.807, 2.05) is 17.9 Å². The molecule has 0 aliphatic heterocycles. The second kappa shape index (κ2) is 6.57. The van der Waals surface area contributed by atoms with Crippen molar-refractivity contribution in [3.8, 4) is 0 Å². The first-order chi connectivity index (χ1) is 9.63. The molecule has 2 rings (SSSR count). The van der Waals surface area contributed by atoms with Crippen molar-refractivity contribution in [1.82, 2.24) is 15.1 Å². The second-order valence-corrected chi connectivity index (χ2v) is 5.26. The monoisotopic (exact) mass is 272 g/mol. The quantitative estimate of drug-likeness (QED) is 0.877. The molecular formula is C16H24N4. The van der Waals surface area contributed by atoms with E-state index in [-0.39, 0.29) is 6.04 Å². The lowest BCUT2D eigenvalue weighted by atomic mass is 10.0. The second-order valence-electron chi connectivity index (χ2n) is 5.26. The highest BCUT2D eigenvalue weighted by atomic mass is 15.3. The summed E-state index contributed by atoms with van der Waals surface area (Å²) in [5.74, 6) is 0. The minimum absolute atomic E-state index is 0.183. The van der Waals surface area contributed by atoms with Crippen molar-refractivity contribution in [2.45, 2.75) is 19.4 Å². The Hall–Kier alpha value is -1.81. The predicted molar refractivity (Wildman–Crippen MR) is 84.1 cm³/mol. The van der Waals surface area contributed by atoms with Crippen LogP contribution in [0.5, 0.6) is 0 Å². The van der Waals surface area contributed by atoms with Crippen molar-refractivity contribution in [1.29, 1.82) is 0 Å². The molecule has 0 spiro atoms. The standard InChI is InChI=1S/C16H24N4/c1-5-10-17-16(15-9-11-18-20(15)4)13-7-6-8-14(12-13)19(2)3/h6-9,11-12,16-17H,5,10H2,1-4H3. The molecule has 0 aliphatic carbocycles. The molecule has 0 bridgehead atoms. The molecule has 1 aromatic carbocycles. The molecule has 108 valence electrons. The molecule has 1 heterocycles. The van der Waals surface area contributed by atoms with Gasteiger partial charge in [-0.3, -0.25) is 4.68 Å². The lowest BCUT2D eigenvalue weighted by molar-refractivity contribution is 0.553. The molecular weight excluding hydrogens is 248 g/mol. The maximum absolute atomic E-state index is 4.29. The summed E-state index contributed by atoms with van der Waals surface area (Å²) >= 11 is 0. The van der Waals surface area contributed by atoms with Crippen LogP contribution in [-0.2, 0) is 7.05 Å². The molecule has 0 fully saturated rings. The minimum Gasteiger partial charge on any atom is -0.378 e. The van der Waals surface area contributed by atoms with Crippen molar-refractivity contribution in [2.75, 3.05) is 25.5 Å². The van der Waals surface area contributed by atoms with E-state index in [0.717, 1.165) is 13.0 Å². The fourth-order valence-corrected chi connectivity index (χ4v) is 2.33. The van der Waals surface area contributed by atoms with Crippen LogP contribution in [-0.4, -0.2) is 30.4 Å². The van der Waals surface area contributed by atoms with Crippen LogP contribution in [0.15, 0.2) is 36.5 Å². The van der Waals surface area contributed by atoms with Crippen LogP contribution in [0.2, 0.25) is 0 Å². The summed E-state index contributed by atoms with van der Waals surface area (Å²) in [6.45, 7) is 3.17. The number of nitrogens with one attached hydrogen (secondary N) is 1. The van der Waals surface area contributed by atoms with E-state index in [9.17, 15) is 0 Å². The molecule has 0 aliphatic rings. The summed E-state index contributed by atoms with van der Waals surface area (Å²) in [5.41, 5.74) is 3.68. The van der Waals surface area contributed by atoms with Gasteiger partial charge in [0.05, 0.1) is 11.7 Å². The largest absolute Gasteiger partial charge is 0.378 e. The van der Waals surface area contributed by atoms with Crippen LogP contribution in [0.1, 0.15) is 30.6 Å². The van der Waals surface area contributed by atoms with E-state index in [4.69, 9.17) is 0 Å². The van der Waals surface area contributed by atoms with E-state index in [0.29, 0.717) is 0 Å². The summed E-state index contributed by atoms with van der Waals surface area (Å²) in [6, 6.07) is 10.9. The fraction of sp³-hybridized carbons (Fsp3) is 0.438. The highest BCUT2D eigenvalue weighted by Gasteiger charge is 2.17. The lowest BCUT2D eigenvalue weighted by Gasteiger charge is -2.21. The van der Waals surface area contributed by atoms with Gasteiger partial charge in [0, 0.05) is 33.0 Å². The molecule has 1 N–H and O–H groups in total. The molecule has 1 atom stereocenters. The molecule has 1 unspecified atom stereocenters. The first kappa shape index (κ1) is 14.6. The van der Waals surface area contributed by atoms with E-state index in [1.165, 1.54) is 16.9 Å². The normalized spacial score (nSPS) is 12.4. The maximum atomic E-state index is 4.29. The van der Waals surface area contributed by atoms with Crippen molar-refractivity contribution < 1.29 is 0 Å². The third kappa shape index (κ3) is 3.20. The molecule has 0 amide bonds. The van der Waals surface area contributed by atoms with Crippen LogP contribution in [0.4, 0.5) is 5.69 Å². The maximum Gasteiger partial charge on any atom is 0.0748 e. The summed E-state index contributed by atoms with van der Waals surface area (Å²) in [6.07, 6.45) is 2.97. The SMILES string of the molecule is CCCNC(c1cccc(N(C)C)c1)c1ccnn1C. The fourth-order valence-electron chi connectivity index (χ4n) is 2.33. The van der Waals surface area contributed by atoms with Crippen LogP contribution >= 0.6 is 0 Å². The summed E-state index contributed by atoms with van der Waals surface area (Å²) < 4.78 is 1.94. The van der Waals surface area contributed by atoms with E-state index >= 15 is 0 Å². The molecule has 0 saturated carbocycles. The van der Waals surface area contributed by atoms with E-state index in [1.54, 1.807) is 0 Å². The molecule has 2 aromatic rings. The molecule has 0 radical (unpaired) electrons. The Bertz CT molecular complexity index is 545. The first-order valence-electron chi connectivity index (χ1n) is 7.12. The third-order valence-electron chi connectivity index (χ3n) is 3.47. The van der Waals surface area contributed by atoms with E-state index in [2.05, 4.69) is 66.7 Å². The van der Waals surface area contributed by atoms with E-state index < -0.39 is 0 Å². The van der Waals surface area contributed by atoms with Gasteiger partial charge in [-0.1, -0.05) is 19.1 Å². The van der Waals surface area contributed by atoms with Crippen molar-refractivity contribution in [3.63, 3.8) is 0 Å². The smallest absolute Gasteiger partial charge is 0.0748 e. The van der Waals surface area contributed by atoms with Gasteiger partial charge in [-0.2, -0.15) is 5.10 Å². The van der Waals surface area contributed by atoms with Crippen molar-refractivity contribution in [3.05, 3.63) is 47.8 Å². The van der Waals surface area contributed by atoms with Gasteiger partial charge in [0.25, 0.3) is 0 Å². The zero-order chi connectivity index (χ0) is 14.5. The zero-order valence-electron chi connectivity index (χ0n) is 12.8. The third-order valence-corrected chi connectivity index (χ3v) is 3.47. The van der Waals surface area contributed by atoms with Gasteiger partial charge in [-0.05, 0) is 36.7 Å². The average molecular weight is 272 g/mol. The number of hydrogen-bond acceptors (Lipinski definition) is 3. The highest BCUT2D eigenvalue weighted by Crippen LogP contribution is 2.24. The number of nitrogens with zero attached hydrogens (tertiary/aromatic N) is 3.